The first kappa shape index (κ1) is 23.2. The Morgan fingerprint density at radius 1 is 0.500 bits per heavy atom. The summed E-state index contributed by atoms with van der Waals surface area (Å²) in [4.78, 5) is 68.6. The van der Waals surface area contributed by atoms with Crippen LogP contribution in [0.15, 0.2) is 0 Å². The SMILES string of the molecule is [Al+3].[O-][Si]([O-])([O-])[O-].[O-][Si]([O-])([O-])[O-].[V]. The second kappa shape index (κ2) is 8.81. The molecule has 0 rings (SSSR count). The molecule has 12 heavy (non-hydrogen) atoms. The van der Waals surface area contributed by atoms with E-state index in [1.54, 1.807) is 0 Å². The largest absolute Gasteiger partial charge is 3.00 e. The van der Waals surface area contributed by atoms with Crippen molar-refractivity contribution in [1.29, 1.82) is 0 Å². The van der Waals surface area contributed by atoms with Crippen LogP contribution in [0.3, 0.4) is 0 Å². The van der Waals surface area contributed by atoms with Crippen LogP contribution < -0.4 is 38.4 Å². The van der Waals surface area contributed by atoms with Crippen molar-refractivity contribution in [3.05, 3.63) is 0 Å². The van der Waals surface area contributed by atoms with E-state index in [1.807, 2.05) is 0 Å². The molecular formula is AlO8Si2V-5. The van der Waals surface area contributed by atoms with Gasteiger partial charge in [0.15, 0.2) is 0 Å². The molecule has 0 bridgehead atoms. The zero-order valence-corrected chi connectivity index (χ0v) is 9.84. The smallest absolute Gasteiger partial charge is 0.894 e. The third-order valence-corrected chi connectivity index (χ3v) is 0. The van der Waals surface area contributed by atoms with Crippen LogP contribution in [0, 0.1) is 0 Å². The summed E-state index contributed by atoms with van der Waals surface area (Å²) < 4.78 is 0. The maximum absolute atomic E-state index is 8.58. The quantitative estimate of drug-likeness (QED) is 0.385. The van der Waals surface area contributed by atoms with Gasteiger partial charge in [0.05, 0.1) is 0 Å². The fourth-order valence-electron chi connectivity index (χ4n) is 0. The van der Waals surface area contributed by atoms with Crippen molar-refractivity contribution in [3.8, 4) is 0 Å². The normalized spacial score (nSPS) is 10.0. The molecule has 0 aromatic rings. The molecule has 0 aliphatic carbocycles. The minimum absolute atomic E-state index is 0. The van der Waals surface area contributed by atoms with Crippen molar-refractivity contribution in [2.45, 2.75) is 0 Å². The number of hydrogen-bond acceptors (Lipinski definition) is 8. The van der Waals surface area contributed by atoms with Crippen LogP contribution in [-0.4, -0.2) is 35.5 Å². The second-order valence-corrected chi connectivity index (χ2v) is 3.00. The molecule has 0 fully saturated rings. The van der Waals surface area contributed by atoms with Gasteiger partial charge in [0.25, 0.3) is 0 Å². The average molecular weight is 262 g/mol. The minimum Gasteiger partial charge on any atom is -0.894 e. The number of rotatable bonds is 0. The Hall–Kier alpha value is 1.23. The van der Waals surface area contributed by atoms with Crippen molar-refractivity contribution in [3.63, 3.8) is 0 Å². The van der Waals surface area contributed by atoms with E-state index >= 15 is 0 Å². The van der Waals surface area contributed by atoms with Gasteiger partial charge in [0.1, 0.15) is 0 Å². The molecule has 0 aliphatic heterocycles. The van der Waals surface area contributed by atoms with Gasteiger partial charge >= 0.3 is 17.4 Å². The Kier molecular flexibility index (Phi) is 17.1. The van der Waals surface area contributed by atoms with Crippen LogP contribution in [0.1, 0.15) is 0 Å². The maximum Gasteiger partial charge on any atom is 3.00 e. The van der Waals surface area contributed by atoms with Crippen molar-refractivity contribution >= 4 is 35.5 Å². The Bertz CT molecular complexity index is 60.0. The summed E-state index contributed by atoms with van der Waals surface area (Å²) in [7, 11) is -11.2. The predicted molar refractivity (Wildman–Crippen MR) is 17.3 cm³/mol. The Balaban J connectivity index is -0.0000000457. The van der Waals surface area contributed by atoms with Crippen LogP contribution >= 0.6 is 0 Å². The van der Waals surface area contributed by atoms with Crippen LogP contribution in [0.5, 0.6) is 0 Å². The van der Waals surface area contributed by atoms with Gasteiger partial charge in [-0.2, -0.15) is 0 Å². The summed E-state index contributed by atoms with van der Waals surface area (Å²) in [5.74, 6) is 0. The van der Waals surface area contributed by atoms with Crippen molar-refractivity contribution in [1.82, 2.24) is 0 Å². The van der Waals surface area contributed by atoms with E-state index in [9.17, 15) is 0 Å². The van der Waals surface area contributed by atoms with E-state index in [0.717, 1.165) is 0 Å². The van der Waals surface area contributed by atoms with Gasteiger partial charge in [0, 0.05) is 18.6 Å². The third-order valence-electron chi connectivity index (χ3n) is 0. The zero-order valence-electron chi connectivity index (χ0n) is 5.29. The summed E-state index contributed by atoms with van der Waals surface area (Å²) in [6.07, 6.45) is 0. The Morgan fingerprint density at radius 3 is 0.500 bits per heavy atom. The van der Waals surface area contributed by atoms with Crippen LogP contribution in [0.4, 0.5) is 0 Å². The Labute approximate surface area is 92.4 Å². The van der Waals surface area contributed by atoms with Crippen molar-refractivity contribution < 1.29 is 56.9 Å². The molecule has 0 atom stereocenters. The van der Waals surface area contributed by atoms with Gasteiger partial charge in [-0.05, 0) is 0 Å². The summed E-state index contributed by atoms with van der Waals surface area (Å²) in [5.41, 5.74) is 0. The summed E-state index contributed by atoms with van der Waals surface area (Å²) in [6.45, 7) is 0. The zero-order chi connectivity index (χ0) is 9.00. The Morgan fingerprint density at radius 2 is 0.500 bits per heavy atom. The molecule has 0 aromatic heterocycles. The van der Waals surface area contributed by atoms with Crippen LogP contribution in [0.25, 0.3) is 0 Å². The fraction of sp³-hybridized carbons (Fsp3) is 0. The second-order valence-electron chi connectivity index (χ2n) is 1.00. The first-order valence-corrected chi connectivity index (χ1v) is 4.90. The molecule has 0 unspecified atom stereocenters. The van der Waals surface area contributed by atoms with Crippen LogP contribution in [-0.2, 0) is 18.6 Å². The van der Waals surface area contributed by atoms with Crippen molar-refractivity contribution in [2.75, 3.05) is 0 Å². The molecule has 0 aliphatic rings. The first-order chi connectivity index (χ1) is 4.00. The van der Waals surface area contributed by atoms with Gasteiger partial charge < -0.3 is 56.5 Å². The fourth-order valence-corrected chi connectivity index (χ4v) is 0. The van der Waals surface area contributed by atoms with E-state index in [0.29, 0.717) is 0 Å². The molecule has 8 nitrogen and oxygen atoms in total. The van der Waals surface area contributed by atoms with E-state index < -0.39 is 18.1 Å². The predicted octanol–water partition coefficient (Wildman–Crippen LogP) is -10.7. The molecule has 0 heterocycles. The number of hydrogen-bond donors (Lipinski definition) is 0. The van der Waals surface area contributed by atoms with Gasteiger partial charge in [0.2, 0.25) is 0 Å². The molecule has 69 valence electrons. The van der Waals surface area contributed by atoms with E-state index in [4.69, 9.17) is 38.4 Å². The summed E-state index contributed by atoms with van der Waals surface area (Å²) >= 11 is 0. The molecule has 0 saturated carbocycles. The van der Waals surface area contributed by atoms with Crippen molar-refractivity contribution in [2.24, 2.45) is 0 Å². The third kappa shape index (κ3) is 776. The monoisotopic (exact) mass is 262 g/mol. The molecule has 0 aromatic carbocycles. The van der Waals surface area contributed by atoms with Gasteiger partial charge in [-0.15, -0.1) is 0 Å². The molecule has 12 heteroatoms. The van der Waals surface area contributed by atoms with E-state index in [1.165, 1.54) is 0 Å². The first-order valence-electron chi connectivity index (χ1n) is 1.63. The topological polar surface area (TPSA) is 184 Å². The standard InChI is InChI=1S/Al.2O4Si.V/c;2*1-5(2,3)4;/q+3;2*-4;. The molecule has 0 saturated heterocycles. The molecule has 0 amide bonds. The van der Waals surface area contributed by atoms with E-state index in [2.05, 4.69) is 0 Å². The summed E-state index contributed by atoms with van der Waals surface area (Å²) in [5, 5.41) is 0. The van der Waals surface area contributed by atoms with Gasteiger partial charge in [-0.25, -0.2) is 0 Å². The minimum atomic E-state index is -5.61. The molecule has 1 radical (unpaired) electrons. The maximum atomic E-state index is 8.58. The molecule has 0 N–H and O–H groups in total. The van der Waals surface area contributed by atoms with Gasteiger partial charge in [-0.3, -0.25) is 0 Å². The molecule has 0 spiro atoms. The molecular weight excluding hydrogens is 262 g/mol. The van der Waals surface area contributed by atoms with Gasteiger partial charge in [-0.1, -0.05) is 0 Å². The van der Waals surface area contributed by atoms with E-state index in [-0.39, 0.29) is 35.9 Å². The average Bonchev–Trinajstić information content (AvgIpc) is 1.12. The van der Waals surface area contributed by atoms with Crippen LogP contribution in [0.2, 0.25) is 0 Å². The summed E-state index contributed by atoms with van der Waals surface area (Å²) in [6, 6.07) is 0.